The SMILES string of the molecule is COc1ccc(F)cc1CNC(=O)C1(C)COc2c(oc3cc(C(N)=O)ccc23)C(=O)N1CC1CC1. The van der Waals surface area contributed by atoms with Crippen LogP contribution < -0.4 is 20.5 Å². The number of nitrogens with one attached hydrogen (secondary N) is 1. The molecule has 9 nitrogen and oxygen atoms in total. The molecule has 36 heavy (non-hydrogen) atoms. The van der Waals surface area contributed by atoms with Crippen molar-refractivity contribution in [3.05, 3.63) is 59.1 Å². The van der Waals surface area contributed by atoms with Crippen molar-refractivity contribution in [1.82, 2.24) is 10.2 Å². The summed E-state index contributed by atoms with van der Waals surface area (Å²) in [4.78, 5) is 40.3. The number of carbonyl (C=O) groups excluding carboxylic acids is 3. The van der Waals surface area contributed by atoms with E-state index < -0.39 is 29.1 Å². The van der Waals surface area contributed by atoms with Gasteiger partial charge in [0.25, 0.3) is 5.91 Å². The lowest BCUT2D eigenvalue weighted by Gasteiger charge is -2.37. The fourth-order valence-electron chi connectivity index (χ4n) is 4.43. The summed E-state index contributed by atoms with van der Waals surface area (Å²) in [5, 5.41) is 3.32. The predicted molar refractivity (Wildman–Crippen MR) is 127 cm³/mol. The van der Waals surface area contributed by atoms with Gasteiger partial charge in [-0.25, -0.2) is 4.39 Å². The third-order valence-electron chi connectivity index (χ3n) is 6.77. The topological polar surface area (TPSA) is 124 Å². The lowest BCUT2D eigenvalue weighted by atomic mass is 9.98. The number of ether oxygens (including phenoxy) is 2. The molecule has 3 amide bonds. The normalized spacial score (nSPS) is 19.4. The van der Waals surface area contributed by atoms with Gasteiger partial charge < -0.3 is 29.8 Å². The fraction of sp³-hybridized carbons (Fsp3) is 0.346. The number of rotatable bonds is 7. The zero-order valence-corrected chi connectivity index (χ0v) is 19.9. The van der Waals surface area contributed by atoms with Crippen LogP contribution >= 0.6 is 0 Å². The molecule has 1 unspecified atom stereocenters. The molecule has 10 heteroatoms. The van der Waals surface area contributed by atoms with Crippen molar-refractivity contribution in [2.75, 3.05) is 20.3 Å². The summed E-state index contributed by atoms with van der Waals surface area (Å²) >= 11 is 0. The standard InChI is InChI=1S/C26H26FN3O6/c1-26(25(33)29-11-16-9-17(27)6-8-19(16)34-2)13-35-21-18-7-5-15(23(28)31)10-20(18)36-22(21)24(32)30(26)12-14-3-4-14/h5-10,14H,3-4,11-13H2,1-2H3,(H2,28,31)(H,29,33). The minimum absolute atomic E-state index is 0.00316. The van der Waals surface area contributed by atoms with Crippen molar-refractivity contribution in [1.29, 1.82) is 0 Å². The third-order valence-corrected chi connectivity index (χ3v) is 6.77. The molecule has 3 aromatic rings. The van der Waals surface area contributed by atoms with E-state index in [2.05, 4.69) is 5.32 Å². The van der Waals surface area contributed by atoms with Crippen LogP contribution in [0.3, 0.4) is 0 Å². The van der Waals surface area contributed by atoms with Crippen molar-refractivity contribution in [2.24, 2.45) is 11.7 Å². The Balaban J connectivity index is 1.46. The number of methoxy groups -OCH3 is 1. The van der Waals surface area contributed by atoms with E-state index in [9.17, 15) is 18.8 Å². The quantitative estimate of drug-likeness (QED) is 0.519. The van der Waals surface area contributed by atoms with Crippen LogP contribution in [-0.2, 0) is 11.3 Å². The molecule has 2 heterocycles. The maximum atomic E-state index is 13.8. The van der Waals surface area contributed by atoms with Crippen LogP contribution in [0.25, 0.3) is 11.0 Å². The van der Waals surface area contributed by atoms with E-state index >= 15 is 0 Å². The monoisotopic (exact) mass is 495 g/mol. The van der Waals surface area contributed by atoms with Gasteiger partial charge in [0.15, 0.2) is 11.3 Å². The zero-order valence-electron chi connectivity index (χ0n) is 19.9. The summed E-state index contributed by atoms with van der Waals surface area (Å²) in [7, 11) is 1.46. The van der Waals surface area contributed by atoms with Crippen LogP contribution in [0.15, 0.2) is 40.8 Å². The molecule has 1 aliphatic heterocycles. The van der Waals surface area contributed by atoms with Gasteiger partial charge >= 0.3 is 0 Å². The third kappa shape index (κ3) is 4.12. The first-order chi connectivity index (χ1) is 17.2. The molecule has 1 fully saturated rings. The molecule has 1 saturated carbocycles. The number of halogens is 1. The van der Waals surface area contributed by atoms with E-state index in [0.717, 1.165) is 12.8 Å². The number of hydrogen-bond acceptors (Lipinski definition) is 6. The van der Waals surface area contributed by atoms with Gasteiger partial charge in [0.05, 0.1) is 12.5 Å². The lowest BCUT2D eigenvalue weighted by molar-refractivity contribution is -0.133. The molecule has 2 aliphatic rings. The molecular formula is C26H26FN3O6. The van der Waals surface area contributed by atoms with E-state index in [0.29, 0.717) is 28.8 Å². The van der Waals surface area contributed by atoms with E-state index in [1.54, 1.807) is 13.0 Å². The minimum Gasteiger partial charge on any atom is -0.496 e. The molecule has 1 aliphatic carbocycles. The maximum Gasteiger partial charge on any atom is 0.294 e. The van der Waals surface area contributed by atoms with Crippen LogP contribution in [0.1, 0.15) is 46.2 Å². The average Bonchev–Trinajstić information content (AvgIpc) is 3.63. The second kappa shape index (κ2) is 8.85. The largest absolute Gasteiger partial charge is 0.496 e. The highest BCUT2D eigenvalue weighted by atomic mass is 19.1. The molecule has 1 aromatic heterocycles. The van der Waals surface area contributed by atoms with Crippen LogP contribution in [0.5, 0.6) is 11.5 Å². The molecule has 0 bridgehead atoms. The Bertz CT molecular complexity index is 1380. The Morgan fingerprint density at radius 1 is 1.25 bits per heavy atom. The summed E-state index contributed by atoms with van der Waals surface area (Å²) in [6.45, 7) is 1.88. The number of furan rings is 1. The van der Waals surface area contributed by atoms with Gasteiger partial charge in [0.2, 0.25) is 17.6 Å². The Hall–Kier alpha value is -4.08. The van der Waals surface area contributed by atoms with Gasteiger partial charge in [-0.3, -0.25) is 14.4 Å². The second-order valence-electron chi connectivity index (χ2n) is 9.40. The number of nitrogens with zero attached hydrogens (tertiary/aromatic N) is 1. The van der Waals surface area contributed by atoms with Gasteiger partial charge in [0.1, 0.15) is 23.8 Å². The van der Waals surface area contributed by atoms with Crippen molar-refractivity contribution in [3.63, 3.8) is 0 Å². The maximum absolute atomic E-state index is 13.8. The van der Waals surface area contributed by atoms with E-state index in [4.69, 9.17) is 19.6 Å². The molecule has 188 valence electrons. The van der Waals surface area contributed by atoms with Gasteiger partial charge in [-0.2, -0.15) is 0 Å². The molecule has 1 atom stereocenters. The van der Waals surface area contributed by atoms with E-state index in [1.165, 1.54) is 42.3 Å². The fourth-order valence-corrected chi connectivity index (χ4v) is 4.43. The van der Waals surface area contributed by atoms with Gasteiger partial charge in [-0.05, 0) is 62.1 Å². The number of fused-ring (bicyclic) bond motifs is 3. The highest BCUT2D eigenvalue weighted by molar-refractivity contribution is 6.06. The highest BCUT2D eigenvalue weighted by Gasteiger charge is 2.49. The first kappa shape index (κ1) is 23.7. The Morgan fingerprint density at radius 2 is 2.03 bits per heavy atom. The summed E-state index contributed by atoms with van der Waals surface area (Å²) in [6, 6.07) is 8.65. The predicted octanol–water partition coefficient (Wildman–Crippen LogP) is 3.00. The number of hydrogen-bond donors (Lipinski definition) is 2. The first-order valence-electron chi connectivity index (χ1n) is 11.6. The van der Waals surface area contributed by atoms with Crippen molar-refractivity contribution >= 4 is 28.7 Å². The number of primary amides is 1. The van der Waals surface area contributed by atoms with E-state index in [-0.39, 0.29) is 36.1 Å². The van der Waals surface area contributed by atoms with Crippen molar-refractivity contribution in [2.45, 2.75) is 31.8 Å². The first-order valence-corrected chi connectivity index (χ1v) is 11.6. The smallest absolute Gasteiger partial charge is 0.294 e. The van der Waals surface area contributed by atoms with Crippen molar-refractivity contribution < 1.29 is 32.7 Å². The molecular weight excluding hydrogens is 469 g/mol. The van der Waals surface area contributed by atoms with Crippen molar-refractivity contribution in [3.8, 4) is 11.5 Å². The molecule has 0 radical (unpaired) electrons. The Kier molecular flexibility index (Phi) is 5.82. The van der Waals surface area contributed by atoms with Crippen LogP contribution in [0, 0.1) is 11.7 Å². The Morgan fingerprint density at radius 3 is 2.72 bits per heavy atom. The molecule has 0 spiro atoms. The number of benzene rings is 2. The summed E-state index contributed by atoms with van der Waals surface area (Å²) < 4.78 is 30.9. The summed E-state index contributed by atoms with van der Waals surface area (Å²) in [6.07, 6.45) is 1.91. The zero-order chi connectivity index (χ0) is 25.6. The van der Waals surface area contributed by atoms with E-state index in [1.807, 2.05) is 0 Å². The Labute approximate surface area is 206 Å². The average molecular weight is 496 g/mol. The molecule has 3 N–H and O–H groups in total. The molecule has 2 aromatic carbocycles. The summed E-state index contributed by atoms with van der Waals surface area (Å²) in [5.74, 6) is -1.11. The minimum atomic E-state index is -1.36. The van der Waals surface area contributed by atoms with Gasteiger partial charge in [0, 0.05) is 24.2 Å². The van der Waals surface area contributed by atoms with Crippen LogP contribution in [0.2, 0.25) is 0 Å². The number of nitrogens with two attached hydrogens (primary N) is 1. The van der Waals surface area contributed by atoms with Crippen LogP contribution in [-0.4, -0.2) is 48.4 Å². The van der Waals surface area contributed by atoms with Gasteiger partial charge in [-0.1, -0.05) is 0 Å². The van der Waals surface area contributed by atoms with Gasteiger partial charge in [-0.15, -0.1) is 0 Å². The number of amides is 3. The van der Waals surface area contributed by atoms with Crippen LogP contribution in [0.4, 0.5) is 4.39 Å². The lowest BCUT2D eigenvalue weighted by Crippen LogP contribution is -2.61. The molecule has 5 rings (SSSR count). The molecule has 0 saturated heterocycles. The second-order valence-corrected chi connectivity index (χ2v) is 9.40. The summed E-state index contributed by atoms with van der Waals surface area (Å²) in [5.41, 5.74) is 5.01. The number of carbonyl (C=O) groups is 3. The highest BCUT2D eigenvalue weighted by Crippen LogP contribution is 2.41.